The standard InChI is InChI=1S/C15H26N2/c1-5-15(6-2)17(4)11-10-16-14-9-7-8-13(3)12-14/h7-9,12,15-16H,5-6,10-11H2,1-4H3. The van der Waals surface area contributed by atoms with Crippen LogP contribution in [0.3, 0.4) is 0 Å². The van der Waals surface area contributed by atoms with Gasteiger partial charge in [0.25, 0.3) is 0 Å². The van der Waals surface area contributed by atoms with Crippen molar-refractivity contribution in [3.05, 3.63) is 29.8 Å². The summed E-state index contributed by atoms with van der Waals surface area (Å²) < 4.78 is 0. The molecule has 0 amide bonds. The largest absolute Gasteiger partial charge is 0.384 e. The number of hydrogen-bond acceptors (Lipinski definition) is 2. The average Bonchev–Trinajstić information content (AvgIpc) is 2.30. The summed E-state index contributed by atoms with van der Waals surface area (Å²) in [5, 5.41) is 3.48. The lowest BCUT2D eigenvalue weighted by molar-refractivity contribution is 0.238. The quantitative estimate of drug-likeness (QED) is 0.776. The molecule has 0 aliphatic heterocycles. The third-order valence-electron chi connectivity index (χ3n) is 3.38. The van der Waals surface area contributed by atoms with Gasteiger partial charge in [0.05, 0.1) is 0 Å². The van der Waals surface area contributed by atoms with Crippen molar-refractivity contribution in [1.82, 2.24) is 4.90 Å². The molecule has 1 rings (SSSR count). The maximum atomic E-state index is 3.48. The van der Waals surface area contributed by atoms with E-state index in [1.807, 2.05) is 0 Å². The van der Waals surface area contributed by atoms with Crippen molar-refractivity contribution in [2.24, 2.45) is 0 Å². The minimum Gasteiger partial charge on any atom is -0.384 e. The Balaban J connectivity index is 2.32. The topological polar surface area (TPSA) is 15.3 Å². The van der Waals surface area contributed by atoms with Gasteiger partial charge in [-0.05, 0) is 44.5 Å². The SMILES string of the molecule is CCC(CC)N(C)CCNc1cccc(C)c1. The Morgan fingerprint density at radius 3 is 2.53 bits per heavy atom. The Labute approximate surface area is 106 Å². The van der Waals surface area contributed by atoms with E-state index in [0.717, 1.165) is 13.1 Å². The summed E-state index contributed by atoms with van der Waals surface area (Å²) in [5.74, 6) is 0. The predicted octanol–water partition coefficient (Wildman–Crippen LogP) is 3.53. The highest BCUT2D eigenvalue weighted by atomic mass is 15.1. The van der Waals surface area contributed by atoms with Crippen molar-refractivity contribution >= 4 is 5.69 Å². The third-order valence-corrected chi connectivity index (χ3v) is 3.38. The molecule has 0 aliphatic carbocycles. The molecule has 0 bridgehead atoms. The Hall–Kier alpha value is -1.02. The van der Waals surface area contributed by atoms with Crippen LogP contribution in [-0.2, 0) is 0 Å². The summed E-state index contributed by atoms with van der Waals surface area (Å²) in [6.07, 6.45) is 2.47. The fourth-order valence-corrected chi connectivity index (χ4v) is 2.23. The minimum atomic E-state index is 0.717. The molecule has 17 heavy (non-hydrogen) atoms. The molecule has 0 heterocycles. The summed E-state index contributed by atoms with van der Waals surface area (Å²) in [5.41, 5.74) is 2.53. The minimum absolute atomic E-state index is 0.717. The first-order valence-corrected chi connectivity index (χ1v) is 6.68. The molecule has 0 aliphatic rings. The fourth-order valence-electron chi connectivity index (χ4n) is 2.23. The Kier molecular flexibility index (Phi) is 6.06. The molecule has 0 fully saturated rings. The highest BCUT2D eigenvalue weighted by Gasteiger charge is 2.08. The maximum absolute atomic E-state index is 3.48. The smallest absolute Gasteiger partial charge is 0.0343 e. The normalized spacial score (nSPS) is 11.2. The van der Waals surface area contributed by atoms with Crippen molar-refractivity contribution in [3.63, 3.8) is 0 Å². The van der Waals surface area contributed by atoms with E-state index in [4.69, 9.17) is 0 Å². The molecule has 2 heteroatoms. The molecule has 2 nitrogen and oxygen atoms in total. The van der Waals surface area contributed by atoms with Gasteiger partial charge in [0.15, 0.2) is 0 Å². The molecule has 1 N–H and O–H groups in total. The molecule has 0 saturated heterocycles. The average molecular weight is 234 g/mol. The van der Waals surface area contributed by atoms with Crippen LogP contribution in [0.25, 0.3) is 0 Å². The van der Waals surface area contributed by atoms with Crippen LogP contribution in [0, 0.1) is 6.92 Å². The van der Waals surface area contributed by atoms with Gasteiger partial charge in [-0.15, -0.1) is 0 Å². The van der Waals surface area contributed by atoms with Gasteiger partial charge in [-0.1, -0.05) is 26.0 Å². The lowest BCUT2D eigenvalue weighted by Crippen LogP contribution is -2.34. The van der Waals surface area contributed by atoms with E-state index >= 15 is 0 Å². The van der Waals surface area contributed by atoms with E-state index in [9.17, 15) is 0 Å². The summed E-state index contributed by atoms with van der Waals surface area (Å²) in [6.45, 7) is 8.76. The van der Waals surface area contributed by atoms with Crippen molar-refractivity contribution < 1.29 is 0 Å². The van der Waals surface area contributed by atoms with Gasteiger partial charge < -0.3 is 10.2 Å². The van der Waals surface area contributed by atoms with Crippen LogP contribution in [0.1, 0.15) is 32.3 Å². The third kappa shape index (κ3) is 4.78. The number of nitrogens with zero attached hydrogens (tertiary/aromatic N) is 1. The summed E-state index contributed by atoms with van der Waals surface area (Å²) in [6, 6.07) is 9.26. The molecule has 1 aromatic rings. The molecule has 0 atom stereocenters. The number of hydrogen-bond donors (Lipinski definition) is 1. The second-order valence-electron chi connectivity index (χ2n) is 4.75. The molecule has 1 aromatic carbocycles. The van der Waals surface area contributed by atoms with Crippen LogP contribution in [0.5, 0.6) is 0 Å². The van der Waals surface area contributed by atoms with E-state index in [1.54, 1.807) is 0 Å². The van der Waals surface area contributed by atoms with Crippen molar-refractivity contribution in [1.29, 1.82) is 0 Å². The van der Waals surface area contributed by atoms with E-state index in [-0.39, 0.29) is 0 Å². The van der Waals surface area contributed by atoms with E-state index in [1.165, 1.54) is 24.1 Å². The lowest BCUT2D eigenvalue weighted by atomic mass is 10.1. The Morgan fingerprint density at radius 1 is 1.24 bits per heavy atom. The highest BCUT2D eigenvalue weighted by Crippen LogP contribution is 2.10. The summed E-state index contributed by atoms with van der Waals surface area (Å²) in [4.78, 5) is 2.45. The zero-order valence-electron chi connectivity index (χ0n) is 11.7. The van der Waals surface area contributed by atoms with Crippen molar-refractivity contribution in [2.45, 2.75) is 39.7 Å². The molecular weight excluding hydrogens is 208 g/mol. The van der Waals surface area contributed by atoms with Gasteiger partial charge in [-0.2, -0.15) is 0 Å². The van der Waals surface area contributed by atoms with Crippen molar-refractivity contribution in [3.8, 4) is 0 Å². The number of aryl methyl sites for hydroxylation is 1. The molecule has 0 aromatic heterocycles. The molecular formula is C15H26N2. The molecule has 0 saturated carbocycles. The van der Waals surface area contributed by atoms with Crippen molar-refractivity contribution in [2.75, 3.05) is 25.5 Å². The molecule has 96 valence electrons. The zero-order chi connectivity index (χ0) is 12.7. The van der Waals surface area contributed by atoms with Crippen LogP contribution < -0.4 is 5.32 Å². The number of anilines is 1. The monoisotopic (exact) mass is 234 g/mol. The molecule has 0 radical (unpaired) electrons. The first-order valence-electron chi connectivity index (χ1n) is 6.68. The number of nitrogens with one attached hydrogen (secondary N) is 1. The van der Waals surface area contributed by atoms with Gasteiger partial charge in [-0.25, -0.2) is 0 Å². The first kappa shape index (κ1) is 14.0. The van der Waals surface area contributed by atoms with Crippen LogP contribution >= 0.6 is 0 Å². The van der Waals surface area contributed by atoms with Crippen LogP contribution in [0.15, 0.2) is 24.3 Å². The lowest BCUT2D eigenvalue weighted by Gasteiger charge is -2.26. The van der Waals surface area contributed by atoms with E-state index in [0.29, 0.717) is 6.04 Å². The van der Waals surface area contributed by atoms with E-state index in [2.05, 4.69) is 62.3 Å². The highest BCUT2D eigenvalue weighted by molar-refractivity contribution is 5.45. The second kappa shape index (κ2) is 7.33. The fraction of sp³-hybridized carbons (Fsp3) is 0.600. The van der Waals surface area contributed by atoms with Gasteiger partial charge in [0.2, 0.25) is 0 Å². The predicted molar refractivity (Wildman–Crippen MR) is 76.7 cm³/mol. The second-order valence-corrected chi connectivity index (χ2v) is 4.75. The van der Waals surface area contributed by atoms with Crippen LogP contribution in [0.2, 0.25) is 0 Å². The summed E-state index contributed by atoms with van der Waals surface area (Å²) >= 11 is 0. The van der Waals surface area contributed by atoms with Crippen LogP contribution in [-0.4, -0.2) is 31.1 Å². The Bertz CT molecular complexity index is 318. The van der Waals surface area contributed by atoms with Crippen LogP contribution in [0.4, 0.5) is 5.69 Å². The number of rotatable bonds is 7. The zero-order valence-corrected chi connectivity index (χ0v) is 11.7. The maximum Gasteiger partial charge on any atom is 0.0343 e. The molecule has 0 spiro atoms. The van der Waals surface area contributed by atoms with Gasteiger partial charge >= 0.3 is 0 Å². The first-order chi connectivity index (χ1) is 8.17. The number of likely N-dealkylation sites (N-methyl/N-ethyl adjacent to an activating group) is 1. The Morgan fingerprint density at radius 2 is 1.94 bits per heavy atom. The number of benzene rings is 1. The summed E-state index contributed by atoms with van der Waals surface area (Å²) in [7, 11) is 2.22. The van der Waals surface area contributed by atoms with E-state index < -0.39 is 0 Å². The van der Waals surface area contributed by atoms with Gasteiger partial charge in [0, 0.05) is 24.8 Å². The van der Waals surface area contributed by atoms with Gasteiger partial charge in [0.1, 0.15) is 0 Å². The van der Waals surface area contributed by atoms with Gasteiger partial charge in [-0.3, -0.25) is 0 Å². The molecule has 0 unspecified atom stereocenters.